The monoisotopic (exact) mass is 256 g/mol. The van der Waals surface area contributed by atoms with Gasteiger partial charge in [0.2, 0.25) is 0 Å². The largest absolute Gasteiger partial charge is 0.538 e. The summed E-state index contributed by atoms with van der Waals surface area (Å²) in [6.07, 6.45) is 1.82. The van der Waals surface area contributed by atoms with Gasteiger partial charge in [-0.15, -0.1) is 19.0 Å². The van der Waals surface area contributed by atoms with E-state index in [9.17, 15) is 4.57 Å². The molecule has 0 spiro atoms. The lowest BCUT2D eigenvalue weighted by Crippen LogP contribution is -2.34. The molecule has 4 rings (SSSR count). The Morgan fingerprint density at radius 2 is 1.94 bits per heavy atom. The Morgan fingerprint density at radius 3 is 2.47 bits per heavy atom. The summed E-state index contributed by atoms with van der Waals surface area (Å²) in [5.74, 6) is 0. The van der Waals surface area contributed by atoms with Gasteiger partial charge in [-0.2, -0.15) is 0 Å². The number of hydrazine groups is 1. The minimum atomic E-state index is -3.32. The van der Waals surface area contributed by atoms with Crippen molar-refractivity contribution >= 4 is 13.5 Å². The predicted molar refractivity (Wildman–Crippen MR) is 60.4 cm³/mol. The fourth-order valence-electron chi connectivity index (χ4n) is 1.86. The van der Waals surface area contributed by atoms with Gasteiger partial charge in [-0.1, -0.05) is 26.0 Å². The third-order valence-electron chi connectivity index (χ3n) is 2.80. The van der Waals surface area contributed by atoms with Crippen molar-refractivity contribution in [1.29, 1.82) is 0 Å². The van der Waals surface area contributed by atoms with Gasteiger partial charge in [0.1, 0.15) is 0 Å². The Balaban J connectivity index is 1.95. The molecule has 0 saturated carbocycles. The number of phosphoric acid groups is 1. The van der Waals surface area contributed by atoms with E-state index in [1.165, 1.54) is 10.7 Å². The Bertz CT molecular complexity index is 497. The summed E-state index contributed by atoms with van der Waals surface area (Å²) in [4.78, 5) is 0. The molecule has 1 aromatic rings. The number of nitrogens with zero attached hydrogens (tertiary/aromatic N) is 2. The molecule has 3 fully saturated rings. The molecule has 3 aliphatic heterocycles. The van der Waals surface area contributed by atoms with Gasteiger partial charge < -0.3 is 0 Å². The number of fused-ring (bicyclic) bond motifs is 1. The quantitative estimate of drug-likeness (QED) is 0.775. The second kappa shape index (κ2) is 3.80. The molecule has 3 heterocycles. The molecule has 3 aliphatic rings. The highest BCUT2D eigenvalue weighted by Gasteiger charge is 2.60. The van der Waals surface area contributed by atoms with Crippen molar-refractivity contribution < 1.29 is 18.4 Å². The first-order valence-electron chi connectivity index (χ1n) is 5.56. The minimum Gasteiger partial charge on any atom is -0.222 e. The minimum absolute atomic E-state index is 0.792. The van der Waals surface area contributed by atoms with Crippen LogP contribution in [0.5, 0.6) is 0 Å². The van der Waals surface area contributed by atoms with E-state index in [1.54, 1.807) is 0 Å². The van der Waals surface area contributed by atoms with Crippen molar-refractivity contribution in [2.24, 2.45) is 0 Å². The number of hydrogen-bond donors (Lipinski definition) is 0. The van der Waals surface area contributed by atoms with E-state index in [-0.39, 0.29) is 0 Å². The molecule has 0 amide bonds. The van der Waals surface area contributed by atoms with Crippen molar-refractivity contribution in [2.45, 2.75) is 26.7 Å². The summed E-state index contributed by atoms with van der Waals surface area (Å²) in [7, 11) is -3.32. The Labute approximate surface area is 99.1 Å². The van der Waals surface area contributed by atoms with E-state index in [2.05, 4.69) is 19.9 Å². The summed E-state index contributed by atoms with van der Waals surface area (Å²) in [6.45, 7) is 4.16. The summed E-state index contributed by atoms with van der Waals surface area (Å²) >= 11 is 0. The maximum absolute atomic E-state index is 11.4. The molecule has 0 aliphatic carbocycles. The third-order valence-corrected chi connectivity index (χ3v) is 3.84. The Kier molecular flexibility index (Phi) is 2.50. The lowest BCUT2D eigenvalue weighted by molar-refractivity contribution is -0.318. The summed E-state index contributed by atoms with van der Waals surface area (Å²) < 4.78 is 26.2. The van der Waals surface area contributed by atoms with E-state index < -0.39 is 7.82 Å². The van der Waals surface area contributed by atoms with Crippen LogP contribution in [0.15, 0.2) is 18.2 Å². The highest BCUT2D eigenvalue weighted by molar-refractivity contribution is 7.49. The molecule has 0 atom stereocenters. The zero-order chi connectivity index (χ0) is 12.0. The van der Waals surface area contributed by atoms with Crippen molar-refractivity contribution in [2.75, 3.05) is 5.17 Å². The number of anilines is 1. The topological polar surface area (TPSA) is 51.2 Å². The van der Waals surface area contributed by atoms with Crippen molar-refractivity contribution in [3.63, 3.8) is 0 Å². The smallest absolute Gasteiger partial charge is 0.222 e. The first kappa shape index (κ1) is 11.2. The van der Waals surface area contributed by atoms with Crippen LogP contribution in [0.4, 0.5) is 5.69 Å². The third kappa shape index (κ3) is 1.69. The van der Waals surface area contributed by atoms with Gasteiger partial charge in [-0.3, -0.25) is 0 Å². The number of benzene rings is 1. The zero-order valence-corrected chi connectivity index (χ0v) is 10.5. The number of aryl methyl sites for hydroxylation is 2. The molecule has 92 valence electrons. The van der Waals surface area contributed by atoms with Crippen LogP contribution >= 0.6 is 7.82 Å². The van der Waals surface area contributed by atoms with Gasteiger partial charge in [0.15, 0.2) is 0 Å². The normalized spacial score (nSPS) is 30.5. The average molecular weight is 256 g/mol. The second-order valence-corrected chi connectivity index (χ2v) is 5.26. The molecule has 17 heavy (non-hydrogen) atoms. The van der Waals surface area contributed by atoms with Crippen LogP contribution in [0.1, 0.15) is 25.0 Å². The zero-order valence-electron chi connectivity index (χ0n) is 9.62. The van der Waals surface area contributed by atoms with Gasteiger partial charge in [0, 0.05) is 0 Å². The summed E-state index contributed by atoms with van der Waals surface area (Å²) in [5, 5.41) is 2.29. The average Bonchev–Trinajstić information content (AvgIpc) is 2.81. The highest BCUT2D eigenvalue weighted by atomic mass is 31.2. The Morgan fingerprint density at radius 1 is 1.18 bits per heavy atom. The maximum Gasteiger partial charge on any atom is 0.538 e. The van der Waals surface area contributed by atoms with Crippen LogP contribution < -0.4 is 5.17 Å². The fraction of sp³-hybridized carbons (Fsp3) is 0.400. The van der Waals surface area contributed by atoms with Crippen molar-refractivity contribution in [1.82, 2.24) is 5.34 Å². The van der Waals surface area contributed by atoms with Gasteiger partial charge in [-0.05, 0) is 30.0 Å². The van der Waals surface area contributed by atoms with E-state index >= 15 is 0 Å². The van der Waals surface area contributed by atoms with E-state index in [1.807, 2.05) is 12.1 Å². The van der Waals surface area contributed by atoms with E-state index in [4.69, 9.17) is 13.9 Å². The van der Waals surface area contributed by atoms with Gasteiger partial charge >= 0.3 is 7.82 Å². The lowest BCUT2D eigenvalue weighted by Gasteiger charge is -2.22. The molecule has 3 saturated heterocycles. The number of rotatable bonds is 3. The fourth-order valence-corrected chi connectivity index (χ4v) is 2.74. The second-order valence-electron chi connectivity index (χ2n) is 3.87. The Hall–Kier alpha value is -0.910. The number of hydrogen-bond acceptors (Lipinski definition) is 6. The van der Waals surface area contributed by atoms with Gasteiger partial charge in [-0.25, -0.2) is 4.57 Å². The molecular weight excluding hydrogens is 243 g/mol. The van der Waals surface area contributed by atoms with Crippen molar-refractivity contribution in [3.8, 4) is 0 Å². The first-order chi connectivity index (χ1) is 8.15. The van der Waals surface area contributed by atoms with Crippen LogP contribution in [0.3, 0.4) is 0 Å². The SMILES string of the molecule is CCc1ccc(N2OP3(=O)ON2O3)c(CC)c1. The van der Waals surface area contributed by atoms with Crippen LogP contribution in [0.25, 0.3) is 0 Å². The molecule has 0 unspecified atom stereocenters. The lowest BCUT2D eigenvalue weighted by atomic mass is 10.1. The van der Waals surface area contributed by atoms with Gasteiger partial charge in [0.25, 0.3) is 0 Å². The summed E-state index contributed by atoms with van der Waals surface area (Å²) in [5.41, 5.74) is 3.14. The molecule has 0 radical (unpaired) electrons. The molecule has 0 N–H and O–H groups in total. The van der Waals surface area contributed by atoms with E-state index in [0.717, 1.165) is 29.4 Å². The predicted octanol–water partition coefficient (Wildman–Crippen LogP) is 2.76. The van der Waals surface area contributed by atoms with E-state index in [0.29, 0.717) is 0 Å². The van der Waals surface area contributed by atoms with Crippen molar-refractivity contribution in [3.05, 3.63) is 29.3 Å². The van der Waals surface area contributed by atoms with Crippen LogP contribution in [-0.4, -0.2) is 5.34 Å². The molecule has 6 nitrogen and oxygen atoms in total. The standard InChI is InChI=1S/C10H13N2O4P/c1-3-8-5-6-10(9(4-2)7-8)11-12-15-17(13,14-11)16-12/h5-7H,3-4H2,1-2H3. The molecule has 1 aromatic carbocycles. The molecule has 0 aromatic heterocycles. The van der Waals surface area contributed by atoms with Gasteiger partial charge in [0.05, 0.1) is 11.0 Å². The highest BCUT2D eigenvalue weighted by Crippen LogP contribution is 2.67. The van der Waals surface area contributed by atoms with Crippen LogP contribution in [0, 0.1) is 0 Å². The molecule has 2 bridgehead atoms. The molecule has 7 heteroatoms. The molecular formula is C10H13N2O4P. The first-order valence-corrected chi connectivity index (χ1v) is 7.02. The maximum atomic E-state index is 11.4. The summed E-state index contributed by atoms with van der Waals surface area (Å²) in [6, 6.07) is 6.02. The van der Waals surface area contributed by atoms with Crippen LogP contribution in [-0.2, 0) is 31.3 Å². The van der Waals surface area contributed by atoms with Crippen LogP contribution in [0.2, 0.25) is 0 Å².